The van der Waals surface area contributed by atoms with E-state index in [1.165, 1.54) is 5.69 Å². The van der Waals surface area contributed by atoms with Crippen LogP contribution in [0.1, 0.15) is 19.3 Å². The maximum absolute atomic E-state index is 9.55. The molecule has 1 heterocycles. The van der Waals surface area contributed by atoms with E-state index in [-0.39, 0.29) is 6.10 Å². The number of hydrogen-bond donors (Lipinski definition) is 2. The highest BCUT2D eigenvalue weighted by Gasteiger charge is 2.14. The Labute approximate surface area is 90.5 Å². The van der Waals surface area contributed by atoms with E-state index in [4.69, 9.17) is 5.73 Å². The molecule has 3 N–H and O–H groups in total. The van der Waals surface area contributed by atoms with Crippen LogP contribution in [0.3, 0.4) is 0 Å². The number of nitrogens with two attached hydrogens (primary N) is 1. The summed E-state index contributed by atoms with van der Waals surface area (Å²) < 4.78 is 0. The summed E-state index contributed by atoms with van der Waals surface area (Å²) >= 11 is 0. The summed E-state index contributed by atoms with van der Waals surface area (Å²) in [7, 11) is 0. The van der Waals surface area contributed by atoms with Crippen LogP contribution >= 0.6 is 0 Å². The molecule has 3 nitrogen and oxygen atoms in total. The lowest BCUT2D eigenvalue weighted by atomic mass is 10.2. The third-order valence-corrected chi connectivity index (χ3v) is 2.96. The van der Waals surface area contributed by atoms with Gasteiger partial charge in [0.2, 0.25) is 0 Å². The van der Waals surface area contributed by atoms with Crippen molar-refractivity contribution in [2.24, 2.45) is 0 Å². The summed E-state index contributed by atoms with van der Waals surface area (Å²) in [5.41, 5.74) is 7.66. The highest BCUT2D eigenvalue weighted by atomic mass is 16.3. The molecule has 1 aromatic rings. The molecule has 1 saturated heterocycles. The SMILES string of the molecule is Nc1ccc(N2CCCC(O)CC2)cc1. The van der Waals surface area contributed by atoms with Crippen molar-refractivity contribution in [3.05, 3.63) is 24.3 Å². The van der Waals surface area contributed by atoms with Gasteiger partial charge in [0.15, 0.2) is 0 Å². The minimum Gasteiger partial charge on any atom is -0.399 e. The van der Waals surface area contributed by atoms with Crippen molar-refractivity contribution in [2.45, 2.75) is 25.4 Å². The van der Waals surface area contributed by atoms with Gasteiger partial charge in [-0.1, -0.05) is 0 Å². The van der Waals surface area contributed by atoms with Gasteiger partial charge in [0.25, 0.3) is 0 Å². The lowest BCUT2D eigenvalue weighted by Crippen LogP contribution is -2.24. The molecule has 2 rings (SSSR count). The second kappa shape index (κ2) is 4.53. The molecular formula is C12H18N2O. The van der Waals surface area contributed by atoms with Crippen LogP contribution in [-0.4, -0.2) is 24.3 Å². The summed E-state index contributed by atoms with van der Waals surface area (Å²) in [4.78, 5) is 2.32. The molecule has 15 heavy (non-hydrogen) atoms. The second-order valence-electron chi connectivity index (χ2n) is 4.16. The van der Waals surface area contributed by atoms with E-state index in [0.717, 1.165) is 38.0 Å². The quantitative estimate of drug-likeness (QED) is 0.686. The number of benzene rings is 1. The standard InChI is InChI=1S/C12H18N2O/c13-10-3-5-11(6-4-10)14-8-1-2-12(15)7-9-14/h3-6,12,15H,1-2,7-9,13H2. The average molecular weight is 206 g/mol. The van der Waals surface area contributed by atoms with Crippen molar-refractivity contribution >= 4 is 11.4 Å². The van der Waals surface area contributed by atoms with E-state index in [1.54, 1.807) is 0 Å². The molecule has 1 aliphatic rings. The molecule has 1 atom stereocenters. The lowest BCUT2D eigenvalue weighted by Gasteiger charge is -2.22. The predicted molar refractivity (Wildman–Crippen MR) is 62.9 cm³/mol. The van der Waals surface area contributed by atoms with Crippen LogP contribution in [0.2, 0.25) is 0 Å². The van der Waals surface area contributed by atoms with Crippen LogP contribution in [0.25, 0.3) is 0 Å². The first-order valence-corrected chi connectivity index (χ1v) is 5.54. The molecule has 0 spiro atoms. The summed E-state index contributed by atoms with van der Waals surface area (Å²) in [6.45, 7) is 1.96. The zero-order chi connectivity index (χ0) is 10.7. The molecule has 0 amide bonds. The number of rotatable bonds is 1. The molecule has 82 valence electrons. The monoisotopic (exact) mass is 206 g/mol. The molecule has 0 saturated carbocycles. The van der Waals surface area contributed by atoms with Crippen LogP contribution in [0.15, 0.2) is 24.3 Å². The van der Waals surface area contributed by atoms with Crippen molar-refractivity contribution in [1.29, 1.82) is 0 Å². The Bertz CT molecular complexity index is 310. The van der Waals surface area contributed by atoms with Gasteiger partial charge in [0, 0.05) is 24.5 Å². The number of nitrogen functional groups attached to an aromatic ring is 1. The fourth-order valence-corrected chi connectivity index (χ4v) is 2.02. The summed E-state index contributed by atoms with van der Waals surface area (Å²) in [6.07, 6.45) is 2.73. The second-order valence-corrected chi connectivity index (χ2v) is 4.16. The summed E-state index contributed by atoms with van der Waals surface area (Å²) in [6, 6.07) is 7.95. The van der Waals surface area contributed by atoms with Gasteiger partial charge in [-0.05, 0) is 43.5 Å². The average Bonchev–Trinajstić information content (AvgIpc) is 2.44. The maximum atomic E-state index is 9.55. The van der Waals surface area contributed by atoms with Crippen molar-refractivity contribution in [2.75, 3.05) is 23.7 Å². The maximum Gasteiger partial charge on any atom is 0.0557 e. The fourth-order valence-electron chi connectivity index (χ4n) is 2.02. The first-order chi connectivity index (χ1) is 7.25. The van der Waals surface area contributed by atoms with Crippen LogP contribution in [0.4, 0.5) is 11.4 Å². The predicted octanol–water partition coefficient (Wildman–Crippen LogP) is 1.62. The normalized spacial score (nSPS) is 22.5. The fraction of sp³-hybridized carbons (Fsp3) is 0.500. The van der Waals surface area contributed by atoms with E-state index in [9.17, 15) is 5.11 Å². The van der Waals surface area contributed by atoms with Crippen molar-refractivity contribution in [3.63, 3.8) is 0 Å². The Kier molecular flexibility index (Phi) is 3.11. The lowest BCUT2D eigenvalue weighted by molar-refractivity contribution is 0.161. The van der Waals surface area contributed by atoms with Crippen LogP contribution in [-0.2, 0) is 0 Å². The molecular weight excluding hydrogens is 188 g/mol. The first kappa shape index (κ1) is 10.3. The Morgan fingerprint density at radius 2 is 1.87 bits per heavy atom. The van der Waals surface area contributed by atoms with Gasteiger partial charge in [-0.2, -0.15) is 0 Å². The van der Waals surface area contributed by atoms with Crippen LogP contribution in [0.5, 0.6) is 0 Å². The highest BCUT2D eigenvalue weighted by molar-refractivity contribution is 5.53. The topological polar surface area (TPSA) is 49.5 Å². The Morgan fingerprint density at radius 3 is 2.60 bits per heavy atom. The van der Waals surface area contributed by atoms with Gasteiger partial charge in [-0.15, -0.1) is 0 Å². The zero-order valence-electron chi connectivity index (χ0n) is 8.89. The summed E-state index contributed by atoms with van der Waals surface area (Å²) in [5.74, 6) is 0. The molecule has 0 bridgehead atoms. The third-order valence-electron chi connectivity index (χ3n) is 2.96. The van der Waals surface area contributed by atoms with Crippen LogP contribution in [0, 0.1) is 0 Å². The Balaban J connectivity index is 2.06. The number of anilines is 2. The molecule has 1 fully saturated rings. The van der Waals surface area contributed by atoms with Gasteiger partial charge in [-0.3, -0.25) is 0 Å². The molecule has 1 aromatic carbocycles. The Morgan fingerprint density at radius 1 is 1.13 bits per heavy atom. The zero-order valence-corrected chi connectivity index (χ0v) is 8.89. The molecule has 0 radical (unpaired) electrons. The minimum absolute atomic E-state index is 0.121. The van der Waals surface area contributed by atoms with E-state index in [0.29, 0.717) is 0 Å². The van der Waals surface area contributed by atoms with E-state index in [1.807, 2.05) is 24.3 Å². The van der Waals surface area contributed by atoms with Gasteiger partial charge >= 0.3 is 0 Å². The van der Waals surface area contributed by atoms with Gasteiger partial charge in [-0.25, -0.2) is 0 Å². The Hall–Kier alpha value is -1.22. The van der Waals surface area contributed by atoms with Gasteiger partial charge in [0.1, 0.15) is 0 Å². The largest absolute Gasteiger partial charge is 0.399 e. The van der Waals surface area contributed by atoms with Gasteiger partial charge in [0.05, 0.1) is 6.10 Å². The molecule has 1 aliphatic heterocycles. The molecule has 0 aliphatic carbocycles. The summed E-state index contributed by atoms with van der Waals surface area (Å²) in [5, 5.41) is 9.55. The third kappa shape index (κ3) is 2.63. The molecule has 3 heteroatoms. The van der Waals surface area contributed by atoms with E-state index < -0.39 is 0 Å². The van der Waals surface area contributed by atoms with Crippen molar-refractivity contribution < 1.29 is 5.11 Å². The van der Waals surface area contributed by atoms with Crippen molar-refractivity contribution in [3.8, 4) is 0 Å². The van der Waals surface area contributed by atoms with Crippen molar-refractivity contribution in [1.82, 2.24) is 0 Å². The van der Waals surface area contributed by atoms with Crippen LogP contribution < -0.4 is 10.6 Å². The van der Waals surface area contributed by atoms with E-state index in [2.05, 4.69) is 4.90 Å². The molecule has 0 aromatic heterocycles. The number of hydrogen-bond acceptors (Lipinski definition) is 3. The number of aliphatic hydroxyl groups excluding tert-OH is 1. The number of nitrogens with zero attached hydrogens (tertiary/aromatic N) is 1. The minimum atomic E-state index is -0.121. The highest BCUT2D eigenvalue weighted by Crippen LogP contribution is 2.20. The first-order valence-electron chi connectivity index (χ1n) is 5.54. The van der Waals surface area contributed by atoms with Gasteiger partial charge < -0.3 is 15.7 Å². The molecule has 1 unspecified atom stereocenters. The van der Waals surface area contributed by atoms with E-state index >= 15 is 0 Å². The number of aliphatic hydroxyl groups is 1. The smallest absolute Gasteiger partial charge is 0.0557 e.